The Balaban J connectivity index is 1.73. The Bertz CT molecular complexity index is 352. The van der Waals surface area contributed by atoms with Gasteiger partial charge in [0.25, 0.3) is 0 Å². The fourth-order valence-electron chi connectivity index (χ4n) is 2.51. The third-order valence-corrected chi connectivity index (χ3v) is 4.79. The van der Waals surface area contributed by atoms with Crippen molar-refractivity contribution in [2.75, 3.05) is 19.3 Å². The zero-order valence-electron chi connectivity index (χ0n) is 11.1. The van der Waals surface area contributed by atoms with Crippen LogP contribution in [0.1, 0.15) is 31.2 Å². The molecule has 1 atom stereocenters. The maximum absolute atomic E-state index is 8.99. The van der Waals surface area contributed by atoms with Crippen molar-refractivity contribution in [2.24, 2.45) is 0 Å². The summed E-state index contributed by atoms with van der Waals surface area (Å²) in [7, 11) is 2.25. The topological polar surface area (TPSA) is 23.5 Å². The van der Waals surface area contributed by atoms with Gasteiger partial charge < -0.3 is 10.0 Å². The fraction of sp³-hybridized carbons (Fsp3) is 0.600. The van der Waals surface area contributed by atoms with Crippen LogP contribution < -0.4 is 0 Å². The number of rotatable bonds is 5. The number of hydrogen-bond acceptors (Lipinski definition) is 3. The standard InChI is InChI=1S/C15H23NOS/c1-16-10-3-2-4-14(16)9-11-18-15-7-5-13(12-17)6-8-15/h5-8,14,17H,2-4,9-12H2,1H3. The number of thioether (sulfide) groups is 1. The Morgan fingerprint density at radius 2 is 2.06 bits per heavy atom. The van der Waals surface area contributed by atoms with E-state index in [1.807, 2.05) is 23.9 Å². The third-order valence-electron chi connectivity index (χ3n) is 3.75. The molecule has 1 unspecified atom stereocenters. The molecule has 0 bridgehead atoms. The normalized spacial score (nSPS) is 21.1. The van der Waals surface area contributed by atoms with Gasteiger partial charge in [-0.25, -0.2) is 0 Å². The van der Waals surface area contributed by atoms with Gasteiger partial charge in [0.2, 0.25) is 0 Å². The zero-order valence-corrected chi connectivity index (χ0v) is 12.0. The molecule has 1 fully saturated rings. The van der Waals surface area contributed by atoms with Gasteiger partial charge in [-0.1, -0.05) is 18.6 Å². The predicted molar refractivity (Wildman–Crippen MR) is 78.0 cm³/mol. The van der Waals surface area contributed by atoms with Gasteiger partial charge in [0.1, 0.15) is 0 Å². The molecule has 0 aromatic heterocycles. The van der Waals surface area contributed by atoms with Crippen molar-refractivity contribution in [1.29, 1.82) is 0 Å². The van der Waals surface area contributed by atoms with E-state index in [1.165, 1.54) is 42.9 Å². The highest BCUT2D eigenvalue weighted by molar-refractivity contribution is 7.99. The van der Waals surface area contributed by atoms with Crippen molar-refractivity contribution in [3.8, 4) is 0 Å². The van der Waals surface area contributed by atoms with Gasteiger partial charge in [0.15, 0.2) is 0 Å². The van der Waals surface area contributed by atoms with Crippen molar-refractivity contribution in [3.63, 3.8) is 0 Å². The minimum Gasteiger partial charge on any atom is -0.392 e. The minimum absolute atomic E-state index is 0.137. The van der Waals surface area contributed by atoms with Crippen molar-refractivity contribution in [1.82, 2.24) is 4.90 Å². The second-order valence-electron chi connectivity index (χ2n) is 5.07. The number of aliphatic hydroxyl groups excluding tert-OH is 1. The number of benzene rings is 1. The highest BCUT2D eigenvalue weighted by Gasteiger charge is 2.17. The van der Waals surface area contributed by atoms with Crippen LogP contribution in [0.25, 0.3) is 0 Å². The summed E-state index contributed by atoms with van der Waals surface area (Å²) in [6.07, 6.45) is 5.40. The quantitative estimate of drug-likeness (QED) is 0.827. The van der Waals surface area contributed by atoms with E-state index in [-0.39, 0.29) is 6.61 Å². The van der Waals surface area contributed by atoms with E-state index in [9.17, 15) is 0 Å². The number of piperidine rings is 1. The molecule has 1 heterocycles. The molecule has 0 aliphatic carbocycles. The van der Waals surface area contributed by atoms with Crippen molar-refractivity contribution >= 4 is 11.8 Å². The molecule has 1 saturated heterocycles. The summed E-state index contributed by atoms with van der Waals surface area (Å²) >= 11 is 1.93. The Morgan fingerprint density at radius 1 is 1.28 bits per heavy atom. The number of likely N-dealkylation sites (tertiary alicyclic amines) is 1. The van der Waals surface area contributed by atoms with Crippen molar-refractivity contribution in [3.05, 3.63) is 29.8 Å². The van der Waals surface area contributed by atoms with Crippen LogP contribution in [0.2, 0.25) is 0 Å². The number of nitrogens with zero attached hydrogens (tertiary/aromatic N) is 1. The maximum Gasteiger partial charge on any atom is 0.0681 e. The summed E-state index contributed by atoms with van der Waals surface area (Å²) in [5.74, 6) is 1.19. The van der Waals surface area contributed by atoms with Gasteiger partial charge in [0.05, 0.1) is 6.61 Å². The zero-order chi connectivity index (χ0) is 12.8. The Hall–Kier alpha value is -0.510. The average Bonchev–Trinajstić information content (AvgIpc) is 2.42. The van der Waals surface area contributed by atoms with Crippen LogP contribution in [-0.2, 0) is 6.61 Å². The van der Waals surface area contributed by atoms with E-state index < -0.39 is 0 Å². The molecule has 3 heteroatoms. The van der Waals surface area contributed by atoms with E-state index in [0.717, 1.165) is 11.6 Å². The molecule has 0 amide bonds. The van der Waals surface area contributed by atoms with Crippen molar-refractivity contribution in [2.45, 2.75) is 43.2 Å². The van der Waals surface area contributed by atoms with Crippen LogP contribution in [0.3, 0.4) is 0 Å². The first kappa shape index (κ1) is 13.9. The molecule has 1 aromatic rings. The highest BCUT2D eigenvalue weighted by Crippen LogP contribution is 2.24. The Labute approximate surface area is 114 Å². The summed E-state index contributed by atoms with van der Waals surface area (Å²) in [5.41, 5.74) is 0.992. The summed E-state index contributed by atoms with van der Waals surface area (Å²) < 4.78 is 0. The molecule has 1 aliphatic heterocycles. The van der Waals surface area contributed by atoms with Gasteiger partial charge in [-0.15, -0.1) is 11.8 Å². The molecule has 2 nitrogen and oxygen atoms in total. The first-order valence-corrected chi connectivity index (χ1v) is 7.81. The van der Waals surface area contributed by atoms with E-state index in [4.69, 9.17) is 5.11 Å². The van der Waals surface area contributed by atoms with E-state index in [2.05, 4.69) is 24.1 Å². The van der Waals surface area contributed by atoms with Gasteiger partial charge in [-0.05, 0) is 56.3 Å². The van der Waals surface area contributed by atoms with Crippen molar-refractivity contribution < 1.29 is 5.11 Å². The van der Waals surface area contributed by atoms with Crippen LogP contribution in [0, 0.1) is 0 Å². The summed E-state index contributed by atoms with van der Waals surface area (Å²) in [6, 6.07) is 9.02. The first-order valence-electron chi connectivity index (χ1n) is 6.82. The average molecular weight is 265 g/mol. The fourth-order valence-corrected chi connectivity index (χ4v) is 3.47. The summed E-state index contributed by atoms with van der Waals surface area (Å²) in [5, 5.41) is 8.99. The predicted octanol–water partition coefficient (Wildman–Crippen LogP) is 3.15. The minimum atomic E-state index is 0.137. The second-order valence-corrected chi connectivity index (χ2v) is 6.24. The van der Waals surface area contributed by atoms with E-state index in [1.54, 1.807) is 0 Å². The smallest absolute Gasteiger partial charge is 0.0681 e. The Kier molecular flexibility index (Phi) is 5.54. The van der Waals surface area contributed by atoms with Crippen LogP contribution in [0.4, 0.5) is 0 Å². The molecule has 0 saturated carbocycles. The number of hydrogen-bond donors (Lipinski definition) is 1. The SMILES string of the molecule is CN1CCCCC1CCSc1ccc(CO)cc1. The Morgan fingerprint density at radius 3 is 2.72 bits per heavy atom. The van der Waals surface area contributed by atoms with Crippen LogP contribution in [0.15, 0.2) is 29.2 Å². The lowest BCUT2D eigenvalue weighted by molar-refractivity contribution is 0.182. The molecular formula is C15H23NOS. The summed E-state index contributed by atoms with van der Waals surface area (Å²) in [4.78, 5) is 3.82. The molecule has 18 heavy (non-hydrogen) atoms. The summed E-state index contributed by atoms with van der Waals surface area (Å²) in [6.45, 7) is 1.40. The van der Waals surface area contributed by atoms with Gasteiger partial charge in [-0.3, -0.25) is 0 Å². The largest absolute Gasteiger partial charge is 0.392 e. The van der Waals surface area contributed by atoms with Crippen LogP contribution in [-0.4, -0.2) is 35.4 Å². The lowest BCUT2D eigenvalue weighted by atomic mass is 10.0. The maximum atomic E-state index is 8.99. The molecule has 0 radical (unpaired) electrons. The molecule has 0 spiro atoms. The molecule has 100 valence electrons. The number of aliphatic hydroxyl groups is 1. The molecule has 2 rings (SSSR count). The monoisotopic (exact) mass is 265 g/mol. The van der Waals surface area contributed by atoms with Crippen LogP contribution >= 0.6 is 11.8 Å². The van der Waals surface area contributed by atoms with E-state index >= 15 is 0 Å². The lowest BCUT2D eigenvalue weighted by Crippen LogP contribution is -2.36. The molecule has 1 aliphatic rings. The second kappa shape index (κ2) is 7.17. The molecule has 1 aromatic carbocycles. The van der Waals surface area contributed by atoms with E-state index in [0.29, 0.717) is 0 Å². The van der Waals surface area contributed by atoms with Crippen LogP contribution in [0.5, 0.6) is 0 Å². The van der Waals surface area contributed by atoms with Gasteiger partial charge >= 0.3 is 0 Å². The van der Waals surface area contributed by atoms with Gasteiger partial charge in [-0.2, -0.15) is 0 Å². The molecular weight excluding hydrogens is 242 g/mol. The molecule has 1 N–H and O–H groups in total. The third kappa shape index (κ3) is 4.01. The highest BCUT2D eigenvalue weighted by atomic mass is 32.2. The lowest BCUT2D eigenvalue weighted by Gasteiger charge is -2.32. The van der Waals surface area contributed by atoms with Gasteiger partial charge in [0, 0.05) is 10.9 Å². The first-order chi connectivity index (χ1) is 8.79.